The van der Waals surface area contributed by atoms with Gasteiger partial charge >= 0.3 is 0 Å². The molecule has 0 radical (unpaired) electrons. The van der Waals surface area contributed by atoms with Crippen molar-refractivity contribution in [3.05, 3.63) is 35.9 Å². The molecular formula is C11H10N2O3. The van der Waals surface area contributed by atoms with Crippen LogP contribution >= 0.6 is 0 Å². The van der Waals surface area contributed by atoms with E-state index >= 15 is 0 Å². The second-order valence-electron chi connectivity index (χ2n) is 3.28. The number of ether oxygens (including phenoxy) is 1. The lowest BCUT2D eigenvalue weighted by molar-refractivity contribution is -0.144. The first kappa shape index (κ1) is 10.5. The molecule has 0 fully saturated rings. The molecule has 0 spiro atoms. The zero-order chi connectivity index (χ0) is 11.4. The van der Waals surface area contributed by atoms with Gasteiger partial charge in [-0.05, 0) is 5.56 Å². The summed E-state index contributed by atoms with van der Waals surface area (Å²) in [6.45, 7) is 0.209. The Morgan fingerprint density at radius 1 is 1.25 bits per heavy atom. The summed E-state index contributed by atoms with van der Waals surface area (Å²) in [4.78, 5) is 26.0. The van der Waals surface area contributed by atoms with Crippen molar-refractivity contribution in [2.24, 2.45) is 4.99 Å². The van der Waals surface area contributed by atoms with E-state index in [0.29, 0.717) is 0 Å². The molecule has 2 amide bonds. The van der Waals surface area contributed by atoms with Crippen molar-refractivity contribution in [1.82, 2.24) is 5.32 Å². The molecule has 1 aliphatic rings. The predicted octanol–water partition coefficient (Wildman–Crippen LogP) is 0.256. The third-order valence-electron chi connectivity index (χ3n) is 2.12. The monoisotopic (exact) mass is 218 g/mol. The first-order chi connectivity index (χ1) is 7.77. The van der Waals surface area contributed by atoms with Crippen LogP contribution in [-0.2, 0) is 20.9 Å². The van der Waals surface area contributed by atoms with Gasteiger partial charge in [-0.25, -0.2) is 4.99 Å². The summed E-state index contributed by atoms with van der Waals surface area (Å²) < 4.78 is 5.22. The van der Waals surface area contributed by atoms with Crippen LogP contribution in [0.5, 0.6) is 0 Å². The molecule has 0 saturated carbocycles. The lowest BCUT2D eigenvalue weighted by Gasteiger charge is -2.15. The SMILES string of the molecule is O=C1N=CNC(=O)C1OCc1ccccc1. The molecular weight excluding hydrogens is 208 g/mol. The normalized spacial score (nSPS) is 19.6. The lowest BCUT2D eigenvalue weighted by Crippen LogP contribution is -2.44. The summed E-state index contributed by atoms with van der Waals surface area (Å²) in [6.07, 6.45) is -0.0576. The molecule has 5 nitrogen and oxygen atoms in total. The number of carbonyl (C=O) groups is 2. The van der Waals surface area contributed by atoms with Crippen LogP contribution < -0.4 is 5.32 Å². The number of nitrogens with zero attached hydrogens (tertiary/aromatic N) is 1. The average molecular weight is 218 g/mol. The van der Waals surface area contributed by atoms with Crippen molar-refractivity contribution in [3.63, 3.8) is 0 Å². The van der Waals surface area contributed by atoms with E-state index in [1.165, 1.54) is 0 Å². The fourth-order valence-corrected chi connectivity index (χ4v) is 1.32. The summed E-state index contributed by atoms with van der Waals surface area (Å²) in [5, 5.41) is 2.32. The number of amides is 2. The van der Waals surface area contributed by atoms with E-state index in [1.54, 1.807) is 0 Å². The highest BCUT2D eigenvalue weighted by molar-refractivity contribution is 6.12. The Morgan fingerprint density at radius 3 is 2.69 bits per heavy atom. The second kappa shape index (κ2) is 4.67. The molecule has 1 aromatic rings. The number of aliphatic imine (C=N–C) groups is 1. The van der Waals surface area contributed by atoms with E-state index in [0.717, 1.165) is 11.9 Å². The van der Waals surface area contributed by atoms with Crippen LogP contribution in [0.1, 0.15) is 5.56 Å². The molecule has 82 valence electrons. The average Bonchev–Trinajstić information content (AvgIpc) is 2.30. The highest BCUT2D eigenvalue weighted by Crippen LogP contribution is 2.06. The van der Waals surface area contributed by atoms with E-state index in [-0.39, 0.29) is 6.61 Å². The van der Waals surface area contributed by atoms with Crippen LogP contribution in [0.15, 0.2) is 35.3 Å². The lowest BCUT2D eigenvalue weighted by atomic mass is 10.2. The van der Waals surface area contributed by atoms with Crippen molar-refractivity contribution in [2.75, 3.05) is 0 Å². The summed E-state index contributed by atoms with van der Waals surface area (Å²) in [5.74, 6) is -1.05. The molecule has 0 saturated heterocycles. The highest BCUT2D eigenvalue weighted by atomic mass is 16.5. The van der Waals surface area contributed by atoms with Crippen LogP contribution in [0, 0.1) is 0 Å². The van der Waals surface area contributed by atoms with Crippen molar-refractivity contribution in [1.29, 1.82) is 0 Å². The Labute approximate surface area is 92.1 Å². The third kappa shape index (κ3) is 2.32. The summed E-state index contributed by atoms with van der Waals surface area (Å²) in [5.41, 5.74) is 0.901. The van der Waals surface area contributed by atoms with E-state index in [2.05, 4.69) is 10.3 Å². The van der Waals surface area contributed by atoms with Gasteiger partial charge in [0.2, 0.25) is 6.10 Å². The largest absolute Gasteiger partial charge is 0.354 e. The van der Waals surface area contributed by atoms with E-state index < -0.39 is 17.9 Å². The van der Waals surface area contributed by atoms with Gasteiger partial charge in [0.15, 0.2) is 0 Å². The zero-order valence-electron chi connectivity index (χ0n) is 8.42. The number of carbonyl (C=O) groups excluding carboxylic acids is 2. The molecule has 0 aromatic heterocycles. The van der Waals surface area contributed by atoms with Gasteiger partial charge in [-0.1, -0.05) is 30.3 Å². The van der Waals surface area contributed by atoms with Crippen molar-refractivity contribution in [2.45, 2.75) is 12.7 Å². The molecule has 0 bridgehead atoms. The Hall–Kier alpha value is -2.01. The van der Waals surface area contributed by atoms with Gasteiger partial charge in [-0.15, -0.1) is 0 Å². The van der Waals surface area contributed by atoms with Crippen LogP contribution in [0.2, 0.25) is 0 Å². The van der Waals surface area contributed by atoms with Crippen molar-refractivity contribution >= 4 is 18.2 Å². The second-order valence-corrected chi connectivity index (χ2v) is 3.28. The summed E-state index contributed by atoms with van der Waals surface area (Å²) in [7, 11) is 0. The molecule has 5 heteroatoms. The number of hydrogen-bond donors (Lipinski definition) is 1. The third-order valence-corrected chi connectivity index (χ3v) is 2.12. The fraction of sp³-hybridized carbons (Fsp3) is 0.182. The maximum Gasteiger partial charge on any atom is 0.285 e. The van der Waals surface area contributed by atoms with Gasteiger partial charge in [0.1, 0.15) is 0 Å². The first-order valence-electron chi connectivity index (χ1n) is 4.79. The molecule has 1 aromatic carbocycles. The van der Waals surface area contributed by atoms with Gasteiger partial charge in [0, 0.05) is 0 Å². The standard InChI is InChI=1S/C11H10N2O3/c14-10-9(11(15)13-7-12-10)16-6-8-4-2-1-3-5-8/h1-5,7,9H,6H2,(H,12,13,14,15). The Balaban J connectivity index is 1.98. The summed E-state index contributed by atoms with van der Waals surface area (Å²) in [6, 6.07) is 9.31. The van der Waals surface area contributed by atoms with Gasteiger partial charge < -0.3 is 10.1 Å². The smallest absolute Gasteiger partial charge is 0.285 e. The Kier molecular flexibility index (Phi) is 3.07. The highest BCUT2D eigenvalue weighted by Gasteiger charge is 2.29. The maximum absolute atomic E-state index is 11.3. The number of hydrogen-bond acceptors (Lipinski definition) is 3. The Morgan fingerprint density at radius 2 is 2.00 bits per heavy atom. The minimum atomic E-state index is -1.13. The molecule has 1 aliphatic heterocycles. The predicted molar refractivity (Wildman–Crippen MR) is 56.7 cm³/mol. The van der Waals surface area contributed by atoms with Crippen LogP contribution in [0.4, 0.5) is 0 Å². The molecule has 1 heterocycles. The molecule has 1 N–H and O–H groups in total. The van der Waals surface area contributed by atoms with Gasteiger partial charge in [0.05, 0.1) is 12.9 Å². The molecule has 1 unspecified atom stereocenters. The minimum Gasteiger partial charge on any atom is -0.354 e. The van der Waals surface area contributed by atoms with E-state index in [1.807, 2.05) is 30.3 Å². The summed E-state index contributed by atoms with van der Waals surface area (Å²) >= 11 is 0. The number of rotatable bonds is 3. The van der Waals surface area contributed by atoms with E-state index in [9.17, 15) is 9.59 Å². The van der Waals surface area contributed by atoms with Gasteiger partial charge in [0.25, 0.3) is 11.8 Å². The van der Waals surface area contributed by atoms with Crippen molar-refractivity contribution < 1.29 is 14.3 Å². The van der Waals surface area contributed by atoms with Gasteiger partial charge in [-0.3, -0.25) is 9.59 Å². The maximum atomic E-state index is 11.3. The quantitative estimate of drug-likeness (QED) is 0.740. The first-order valence-corrected chi connectivity index (χ1v) is 4.79. The molecule has 2 rings (SSSR count). The Bertz CT molecular complexity index is 428. The van der Waals surface area contributed by atoms with E-state index in [4.69, 9.17) is 4.74 Å². The topological polar surface area (TPSA) is 67.8 Å². The van der Waals surface area contributed by atoms with Crippen LogP contribution in [0.3, 0.4) is 0 Å². The fourth-order valence-electron chi connectivity index (χ4n) is 1.32. The number of nitrogens with one attached hydrogen (secondary N) is 1. The van der Waals surface area contributed by atoms with Crippen LogP contribution in [-0.4, -0.2) is 24.3 Å². The van der Waals surface area contributed by atoms with Gasteiger partial charge in [-0.2, -0.15) is 0 Å². The molecule has 1 atom stereocenters. The zero-order valence-corrected chi connectivity index (χ0v) is 8.42. The number of benzene rings is 1. The molecule has 16 heavy (non-hydrogen) atoms. The van der Waals surface area contributed by atoms with Crippen LogP contribution in [0.25, 0.3) is 0 Å². The van der Waals surface area contributed by atoms with Crippen molar-refractivity contribution in [3.8, 4) is 0 Å². The minimum absolute atomic E-state index is 0.209. The molecule has 0 aliphatic carbocycles.